The van der Waals surface area contributed by atoms with E-state index in [9.17, 15) is 0 Å². The first-order valence-electron chi connectivity index (χ1n) is 2.62. The molecule has 0 spiro atoms. The third kappa shape index (κ3) is 9.70. The molecule has 0 radical (unpaired) electrons. The van der Waals surface area contributed by atoms with Gasteiger partial charge in [0.05, 0.1) is 0 Å². The van der Waals surface area contributed by atoms with Crippen LogP contribution in [0.5, 0.6) is 0 Å². The molecular weight excluding hydrogens is 349 g/mol. The molecule has 56 valence electrons. The maximum atomic E-state index is 5.51. The summed E-state index contributed by atoms with van der Waals surface area (Å²) in [6.45, 7) is 4.60. The molecule has 0 amide bonds. The van der Waals surface area contributed by atoms with Crippen molar-refractivity contribution in [1.29, 1.82) is 0 Å². The molecule has 9 heavy (non-hydrogen) atoms. The zero-order chi connectivity index (χ0) is 7.49. The predicted octanol–water partition coefficient (Wildman–Crippen LogP) is 3.19. The molecule has 5 heteroatoms. The Labute approximate surface area is 71.3 Å². The minimum atomic E-state index is -3.55. The van der Waals surface area contributed by atoms with Crippen molar-refractivity contribution >= 4 is 25.7 Å². The summed E-state index contributed by atoms with van der Waals surface area (Å²) in [5.41, 5.74) is 0. The van der Waals surface area contributed by atoms with E-state index in [-0.39, 0.29) is 0 Å². The first-order chi connectivity index (χ1) is 3.92. The van der Waals surface area contributed by atoms with Crippen LogP contribution in [-0.2, 0) is 19.7 Å². The van der Waals surface area contributed by atoms with Crippen molar-refractivity contribution in [3.05, 3.63) is 0 Å². The van der Waals surface area contributed by atoms with Crippen LogP contribution in [0.25, 0.3) is 0 Å². The fourth-order valence-electron chi connectivity index (χ4n) is 0.261. The quantitative estimate of drug-likeness (QED) is 0.705. The summed E-state index contributed by atoms with van der Waals surface area (Å²) in [6.07, 6.45) is 0. The summed E-state index contributed by atoms with van der Waals surface area (Å²) in [7, 11) is 16.5. The van der Waals surface area contributed by atoms with Crippen LogP contribution in [0.1, 0.15) is 13.8 Å². The van der Waals surface area contributed by atoms with Crippen molar-refractivity contribution in [2.75, 3.05) is 6.61 Å². The van der Waals surface area contributed by atoms with Crippen LogP contribution in [0, 0.1) is 5.92 Å². The second-order valence-electron chi connectivity index (χ2n) is 2.15. The molecule has 0 unspecified atom stereocenters. The molecule has 0 bridgehead atoms. The second kappa shape index (κ2) is 4.55. The zero-order valence-corrected chi connectivity index (χ0v) is 11.2. The molecule has 0 fully saturated rings. The molecule has 0 saturated heterocycles. The summed E-state index contributed by atoms with van der Waals surface area (Å²) in [5.74, 6) is 0.445. The van der Waals surface area contributed by atoms with E-state index in [4.69, 9.17) is 28.6 Å². The Kier molecular flexibility index (Phi) is 5.41. The molecule has 0 aliphatic heterocycles. The summed E-state index contributed by atoms with van der Waals surface area (Å²) >= 11 is -3.55. The van der Waals surface area contributed by atoms with Crippen molar-refractivity contribution in [1.82, 2.24) is 0 Å². The van der Waals surface area contributed by atoms with Gasteiger partial charge >= 0.3 is 71.8 Å². The maximum absolute atomic E-state index is 5.51. The fourth-order valence-corrected chi connectivity index (χ4v) is 3.68. The van der Waals surface area contributed by atoms with E-state index >= 15 is 0 Å². The predicted molar refractivity (Wildman–Crippen MR) is 38.3 cm³/mol. The van der Waals surface area contributed by atoms with Gasteiger partial charge in [0.25, 0.3) is 0 Å². The van der Waals surface area contributed by atoms with E-state index in [0.717, 1.165) is 0 Å². The minimum absolute atomic E-state index is 0.445. The van der Waals surface area contributed by atoms with E-state index in [1.54, 1.807) is 0 Å². The number of hydrogen-bond acceptors (Lipinski definition) is 1. The van der Waals surface area contributed by atoms with Crippen LogP contribution in [0.4, 0.5) is 0 Å². The van der Waals surface area contributed by atoms with Crippen molar-refractivity contribution in [2.45, 2.75) is 13.8 Å². The molecule has 0 aliphatic carbocycles. The Balaban J connectivity index is 3.28. The van der Waals surface area contributed by atoms with Crippen molar-refractivity contribution in [2.24, 2.45) is 5.92 Å². The van der Waals surface area contributed by atoms with E-state index in [1.165, 1.54) is 0 Å². The SMILES string of the molecule is CC(C)C[O][Hf]([Cl])([Cl])[Cl]. The average molecular weight is 358 g/mol. The summed E-state index contributed by atoms with van der Waals surface area (Å²) in [6, 6.07) is 0. The molecule has 0 saturated carbocycles. The Morgan fingerprint density at radius 1 is 1.33 bits per heavy atom. The van der Waals surface area contributed by atoms with Gasteiger partial charge in [-0.3, -0.25) is 0 Å². The molecule has 1 nitrogen and oxygen atoms in total. The molecule has 0 heterocycles. The number of hydrogen-bond donors (Lipinski definition) is 0. The van der Waals surface area contributed by atoms with Crippen LogP contribution in [0.3, 0.4) is 0 Å². The van der Waals surface area contributed by atoms with Crippen molar-refractivity contribution in [3.8, 4) is 0 Å². The Morgan fingerprint density at radius 2 is 1.78 bits per heavy atom. The number of halogens is 3. The Morgan fingerprint density at radius 3 is 1.89 bits per heavy atom. The van der Waals surface area contributed by atoms with Crippen LogP contribution < -0.4 is 0 Å². The van der Waals surface area contributed by atoms with Gasteiger partial charge in [0.15, 0.2) is 0 Å². The standard InChI is InChI=1S/C4H9O.3ClH.Hf/c1-4(2)3-5;;;;/h4H,3H2,1-2H3;3*1H;/q-1;;;;+4/p-3. The van der Waals surface area contributed by atoms with Gasteiger partial charge in [-0.05, 0) is 0 Å². The molecule has 0 aromatic rings. The average Bonchev–Trinajstić information content (AvgIpc) is 1.59. The molecule has 0 aliphatic rings. The second-order valence-corrected chi connectivity index (χ2v) is 24.2. The molecule has 0 aromatic heterocycles. The molecule has 0 N–H and O–H groups in total. The van der Waals surface area contributed by atoms with Gasteiger partial charge < -0.3 is 0 Å². The first-order valence-corrected chi connectivity index (χ1v) is 17.4. The van der Waals surface area contributed by atoms with Crippen molar-refractivity contribution < 1.29 is 19.7 Å². The van der Waals surface area contributed by atoms with Gasteiger partial charge in [-0.25, -0.2) is 0 Å². The molecule has 0 aromatic carbocycles. The van der Waals surface area contributed by atoms with Gasteiger partial charge in [-0.2, -0.15) is 0 Å². The van der Waals surface area contributed by atoms with E-state index < -0.39 is 16.9 Å². The van der Waals surface area contributed by atoms with Crippen molar-refractivity contribution in [3.63, 3.8) is 0 Å². The van der Waals surface area contributed by atoms with Gasteiger partial charge in [-0.15, -0.1) is 0 Å². The third-order valence-electron chi connectivity index (χ3n) is 0.580. The zero-order valence-electron chi connectivity index (χ0n) is 5.33. The fraction of sp³-hybridized carbons (Fsp3) is 1.00. The normalized spacial score (nSPS) is 12.7. The first kappa shape index (κ1) is 10.7. The van der Waals surface area contributed by atoms with Gasteiger partial charge in [0.2, 0.25) is 0 Å². The van der Waals surface area contributed by atoms with Crippen LogP contribution in [-0.4, -0.2) is 6.61 Å². The summed E-state index contributed by atoms with van der Waals surface area (Å²) in [4.78, 5) is 0. The molecular formula is C4H9Cl3HfO. The van der Waals surface area contributed by atoms with E-state index in [2.05, 4.69) is 0 Å². The number of rotatable bonds is 3. The topological polar surface area (TPSA) is 9.23 Å². The van der Waals surface area contributed by atoms with Crippen LogP contribution >= 0.6 is 25.7 Å². The monoisotopic (exact) mass is 358 g/mol. The van der Waals surface area contributed by atoms with Crippen LogP contribution in [0.15, 0.2) is 0 Å². The van der Waals surface area contributed by atoms with Gasteiger partial charge in [0.1, 0.15) is 0 Å². The van der Waals surface area contributed by atoms with Gasteiger partial charge in [-0.1, -0.05) is 0 Å². The van der Waals surface area contributed by atoms with E-state index in [0.29, 0.717) is 12.5 Å². The summed E-state index contributed by atoms with van der Waals surface area (Å²) < 4.78 is 5.01. The Bertz CT molecular complexity index is 80.4. The van der Waals surface area contributed by atoms with Crippen LogP contribution in [0.2, 0.25) is 0 Å². The third-order valence-corrected chi connectivity index (χ3v) is 5.03. The Hall–Kier alpha value is 1.70. The summed E-state index contributed by atoms with van der Waals surface area (Å²) in [5, 5.41) is 0. The molecule has 0 rings (SSSR count). The van der Waals surface area contributed by atoms with Gasteiger partial charge in [0, 0.05) is 0 Å². The molecule has 0 atom stereocenters. The van der Waals surface area contributed by atoms with E-state index in [1.807, 2.05) is 13.8 Å².